The summed E-state index contributed by atoms with van der Waals surface area (Å²) in [7, 11) is 0. The van der Waals surface area contributed by atoms with Crippen LogP contribution >= 0.6 is 12.2 Å². The highest BCUT2D eigenvalue weighted by molar-refractivity contribution is 7.80. The molecule has 2 rings (SSSR count). The SMILES string of the molecule is CC(C)C1CCN(c2cccnc2C(N)=S)CC1. The average molecular weight is 263 g/mol. The van der Waals surface area contributed by atoms with E-state index < -0.39 is 0 Å². The molecule has 98 valence electrons. The van der Waals surface area contributed by atoms with Crippen molar-refractivity contribution in [2.24, 2.45) is 17.6 Å². The Morgan fingerprint density at radius 2 is 2.11 bits per heavy atom. The number of aromatic nitrogens is 1. The highest BCUT2D eigenvalue weighted by Gasteiger charge is 2.23. The van der Waals surface area contributed by atoms with Crippen molar-refractivity contribution >= 4 is 22.9 Å². The Kier molecular flexibility index (Phi) is 4.17. The van der Waals surface area contributed by atoms with Gasteiger partial charge in [0, 0.05) is 19.3 Å². The average Bonchev–Trinajstić information content (AvgIpc) is 2.39. The number of piperidine rings is 1. The third-order valence-electron chi connectivity index (χ3n) is 3.84. The number of anilines is 1. The van der Waals surface area contributed by atoms with E-state index in [1.165, 1.54) is 12.8 Å². The number of rotatable bonds is 3. The van der Waals surface area contributed by atoms with Crippen LogP contribution in [0.5, 0.6) is 0 Å². The van der Waals surface area contributed by atoms with Crippen molar-refractivity contribution in [3.63, 3.8) is 0 Å². The second-order valence-corrected chi connectivity index (χ2v) is 5.74. The molecule has 1 aliphatic heterocycles. The summed E-state index contributed by atoms with van der Waals surface area (Å²) in [6.07, 6.45) is 4.23. The van der Waals surface area contributed by atoms with Crippen molar-refractivity contribution < 1.29 is 0 Å². The minimum atomic E-state index is 0.386. The van der Waals surface area contributed by atoms with Crippen LogP contribution in [0.1, 0.15) is 32.4 Å². The van der Waals surface area contributed by atoms with Crippen LogP contribution in [0.4, 0.5) is 5.69 Å². The van der Waals surface area contributed by atoms with Gasteiger partial charge >= 0.3 is 0 Å². The van der Waals surface area contributed by atoms with Gasteiger partial charge in [0.1, 0.15) is 10.7 Å². The molecular formula is C14H21N3S. The number of hydrogen-bond acceptors (Lipinski definition) is 3. The third kappa shape index (κ3) is 2.80. The molecule has 1 aromatic heterocycles. The molecule has 3 nitrogen and oxygen atoms in total. The van der Waals surface area contributed by atoms with Crippen molar-refractivity contribution in [3.8, 4) is 0 Å². The first-order valence-electron chi connectivity index (χ1n) is 6.59. The molecule has 0 amide bonds. The van der Waals surface area contributed by atoms with Crippen LogP contribution in [0.25, 0.3) is 0 Å². The molecule has 2 N–H and O–H groups in total. The van der Waals surface area contributed by atoms with E-state index in [2.05, 4.69) is 29.8 Å². The van der Waals surface area contributed by atoms with E-state index in [1.54, 1.807) is 6.20 Å². The van der Waals surface area contributed by atoms with Gasteiger partial charge in [-0.1, -0.05) is 26.1 Å². The van der Waals surface area contributed by atoms with Gasteiger partial charge in [0.2, 0.25) is 0 Å². The van der Waals surface area contributed by atoms with E-state index in [9.17, 15) is 0 Å². The predicted molar refractivity (Wildman–Crippen MR) is 79.9 cm³/mol. The molecule has 0 spiro atoms. The molecule has 1 aliphatic rings. The van der Waals surface area contributed by atoms with Crippen molar-refractivity contribution in [2.45, 2.75) is 26.7 Å². The first-order chi connectivity index (χ1) is 8.59. The number of thiocarbonyl (C=S) groups is 1. The van der Waals surface area contributed by atoms with E-state index in [0.717, 1.165) is 36.3 Å². The molecule has 0 atom stereocenters. The first-order valence-corrected chi connectivity index (χ1v) is 7.00. The lowest BCUT2D eigenvalue weighted by molar-refractivity contribution is 0.311. The smallest absolute Gasteiger partial charge is 0.124 e. The highest BCUT2D eigenvalue weighted by atomic mass is 32.1. The molecular weight excluding hydrogens is 242 g/mol. The van der Waals surface area contributed by atoms with Crippen LogP contribution < -0.4 is 10.6 Å². The van der Waals surface area contributed by atoms with Gasteiger partial charge in [-0.3, -0.25) is 4.98 Å². The molecule has 2 heterocycles. The van der Waals surface area contributed by atoms with E-state index in [4.69, 9.17) is 18.0 Å². The molecule has 4 heteroatoms. The van der Waals surface area contributed by atoms with Crippen molar-refractivity contribution in [2.75, 3.05) is 18.0 Å². The molecule has 1 aromatic rings. The molecule has 0 bridgehead atoms. The van der Waals surface area contributed by atoms with Gasteiger partial charge in [-0.05, 0) is 36.8 Å². The van der Waals surface area contributed by atoms with Crippen LogP contribution in [0.15, 0.2) is 18.3 Å². The number of nitrogens with two attached hydrogens (primary N) is 1. The van der Waals surface area contributed by atoms with Gasteiger partial charge in [-0.25, -0.2) is 0 Å². The van der Waals surface area contributed by atoms with Crippen LogP contribution in [0, 0.1) is 11.8 Å². The fourth-order valence-electron chi connectivity index (χ4n) is 2.65. The van der Waals surface area contributed by atoms with E-state index in [0.29, 0.717) is 4.99 Å². The molecule has 0 saturated carbocycles. The third-order valence-corrected chi connectivity index (χ3v) is 4.04. The molecule has 0 aliphatic carbocycles. The van der Waals surface area contributed by atoms with Crippen LogP contribution in [0.2, 0.25) is 0 Å². The molecule has 0 radical (unpaired) electrons. The van der Waals surface area contributed by atoms with Crippen molar-refractivity contribution in [1.29, 1.82) is 0 Å². The van der Waals surface area contributed by atoms with Crippen molar-refractivity contribution in [3.05, 3.63) is 24.0 Å². The van der Waals surface area contributed by atoms with Gasteiger partial charge in [-0.15, -0.1) is 0 Å². The maximum absolute atomic E-state index is 5.74. The van der Waals surface area contributed by atoms with Crippen molar-refractivity contribution in [1.82, 2.24) is 4.98 Å². The van der Waals surface area contributed by atoms with Gasteiger partial charge in [0.25, 0.3) is 0 Å². The molecule has 1 saturated heterocycles. The van der Waals surface area contributed by atoms with E-state index >= 15 is 0 Å². The van der Waals surface area contributed by atoms with Gasteiger partial charge in [-0.2, -0.15) is 0 Å². The lowest BCUT2D eigenvalue weighted by Gasteiger charge is -2.35. The number of hydrogen-bond donors (Lipinski definition) is 1. The Bertz CT molecular complexity index is 423. The molecule has 18 heavy (non-hydrogen) atoms. The summed E-state index contributed by atoms with van der Waals surface area (Å²) in [4.78, 5) is 7.05. The zero-order chi connectivity index (χ0) is 13.1. The maximum Gasteiger partial charge on any atom is 0.124 e. The Morgan fingerprint density at radius 3 is 2.67 bits per heavy atom. The van der Waals surface area contributed by atoms with Crippen LogP contribution in [-0.2, 0) is 0 Å². The Labute approximate surface area is 114 Å². The van der Waals surface area contributed by atoms with Gasteiger partial charge < -0.3 is 10.6 Å². The van der Waals surface area contributed by atoms with Gasteiger partial charge in [0.15, 0.2) is 0 Å². The second-order valence-electron chi connectivity index (χ2n) is 5.30. The van der Waals surface area contributed by atoms with Gasteiger partial charge in [0.05, 0.1) is 5.69 Å². The maximum atomic E-state index is 5.74. The van der Waals surface area contributed by atoms with Crippen LogP contribution in [-0.4, -0.2) is 23.1 Å². The quantitative estimate of drug-likeness (QED) is 0.851. The standard InChI is InChI=1S/C14H21N3S/c1-10(2)11-5-8-17(9-6-11)12-4-3-7-16-13(12)14(15)18/h3-4,7,10-11H,5-6,8-9H2,1-2H3,(H2,15,18). The molecule has 0 aromatic carbocycles. The zero-order valence-electron chi connectivity index (χ0n) is 11.1. The summed E-state index contributed by atoms with van der Waals surface area (Å²) in [6.45, 7) is 6.77. The first kappa shape index (κ1) is 13.3. The highest BCUT2D eigenvalue weighted by Crippen LogP contribution is 2.28. The lowest BCUT2D eigenvalue weighted by Crippen LogP contribution is -2.36. The Morgan fingerprint density at radius 1 is 1.44 bits per heavy atom. The summed E-state index contributed by atoms with van der Waals surface area (Å²) in [5.41, 5.74) is 7.59. The summed E-state index contributed by atoms with van der Waals surface area (Å²) in [5.74, 6) is 1.61. The number of nitrogens with zero attached hydrogens (tertiary/aromatic N) is 2. The second kappa shape index (κ2) is 5.65. The van der Waals surface area contributed by atoms with Crippen LogP contribution in [0.3, 0.4) is 0 Å². The monoisotopic (exact) mass is 263 g/mol. The topological polar surface area (TPSA) is 42.2 Å². The normalized spacial score (nSPS) is 17.2. The molecule has 1 fully saturated rings. The van der Waals surface area contributed by atoms with E-state index in [1.807, 2.05) is 6.07 Å². The lowest BCUT2D eigenvalue weighted by atomic mass is 9.86. The zero-order valence-corrected chi connectivity index (χ0v) is 11.9. The minimum Gasteiger partial charge on any atom is -0.388 e. The van der Waals surface area contributed by atoms with E-state index in [-0.39, 0.29) is 0 Å². The predicted octanol–water partition coefficient (Wildman–Crippen LogP) is 2.59. The Hall–Kier alpha value is -1.16. The molecule has 0 unspecified atom stereocenters. The fourth-order valence-corrected chi connectivity index (χ4v) is 2.81. The summed E-state index contributed by atoms with van der Waals surface area (Å²) < 4.78 is 0. The fraction of sp³-hybridized carbons (Fsp3) is 0.571. The summed E-state index contributed by atoms with van der Waals surface area (Å²) >= 11 is 5.07. The summed E-state index contributed by atoms with van der Waals surface area (Å²) in [6, 6.07) is 4.02. The Balaban J connectivity index is 2.12. The largest absolute Gasteiger partial charge is 0.388 e. The summed E-state index contributed by atoms with van der Waals surface area (Å²) in [5, 5.41) is 0. The minimum absolute atomic E-state index is 0.386. The number of pyridine rings is 1.